The molecular weight excluding hydrogens is 382 g/mol. The van der Waals surface area contributed by atoms with E-state index in [0.717, 1.165) is 21.9 Å². The number of benzene rings is 2. The van der Waals surface area contributed by atoms with E-state index in [1.807, 2.05) is 38.1 Å². The van der Waals surface area contributed by atoms with Crippen molar-refractivity contribution in [3.8, 4) is 5.75 Å². The molecule has 154 valence electrons. The van der Waals surface area contributed by atoms with Gasteiger partial charge in [0.1, 0.15) is 5.75 Å². The minimum atomic E-state index is -0.392. The van der Waals surface area contributed by atoms with Gasteiger partial charge in [-0.3, -0.25) is 14.7 Å². The van der Waals surface area contributed by atoms with E-state index in [4.69, 9.17) is 9.47 Å². The Kier molecular flexibility index (Phi) is 5.13. The van der Waals surface area contributed by atoms with Crippen LogP contribution in [0.4, 0.5) is 5.82 Å². The molecule has 0 spiro atoms. The van der Waals surface area contributed by atoms with Crippen LogP contribution in [-0.4, -0.2) is 35.7 Å². The number of H-pyrrole nitrogens is 1. The minimum absolute atomic E-state index is 0.291. The Morgan fingerprint density at radius 1 is 1.00 bits per heavy atom. The average Bonchev–Trinajstić information content (AvgIpc) is 3.33. The predicted octanol–water partition coefficient (Wildman–Crippen LogP) is 3.71. The standard InChI is InChI=1S/C23H23N3O4/c1-23(2,14-30-13-15-8-10-16(29-3)11-9-15)19-12-20(25-24-19)26-21(27)17-6-4-5-7-18(17)22(26)28/h4-12H,13-14H2,1-3H3,(H,24,25). The average molecular weight is 405 g/mol. The molecule has 0 saturated carbocycles. The summed E-state index contributed by atoms with van der Waals surface area (Å²) in [6, 6.07) is 16.2. The lowest BCUT2D eigenvalue weighted by molar-refractivity contribution is 0.0811. The van der Waals surface area contributed by atoms with Crippen LogP contribution in [0.5, 0.6) is 5.75 Å². The molecule has 0 fully saturated rings. The maximum atomic E-state index is 12.7. The van der Waals surface area contributed by atoms with Gasteiger partial charge in [0.2, 0.25) is 0 Å². The van der Waals surface area contributed by atoms with Crippen LogP contribution in [0.25, 0.3) is 0 Å². The molecule has 0 saturated heterocycles. The molecule has 2 heterocycles. The molecule has 1 aromatic heterocycles. The lowest BCUT2D eigenvalue weighted by Gasteiger charge is -2.22. The number of nitrogens with one attached hydrogen (secondary N) is 1. The number of rotatable bonds is 7. The van der Waals surface area contributed by atoms with Crippen LogP contribution in [0.2, 0.25) is 0 Å². The van der Waals surface area contributed by atoms with E-state index in [1.54, 1.807) is 37.4 Å². The molecule has 0 atom stereocenters. The van der Waals surface area contributed by atoms with Gasteiger partial charge in [-0.1, -0.05) is 38.1 Å². The van der Waals surface area contributed by atoms with Gasteiger partial charge in [0.15, 0.2) is 5.82 Å². The summed E-state index contributed by atoms with van der Waals surface area (Å²) < 4.78 is 11.1. The van der Waals surface area contributed by atoms with Crippen LogP contribution in [-0.2, 0) is 16.8 Å². The molecule has 4 rings (SSSR count). The summed E-state index contributed by atoms with van der Waals surface area (Å²) in [6.45, 7) is 4.93. The van der Waals surface area contributed by atoms with Gasteiger partial charge in [0.05, 0.1) is 31.5 Å². The molecular formula is C23H23N3O4. The zero-order valence-corrected chi connectivity index (χ0v) is 17.1. The number of anilines is 1. The first-order valence-corrected chi connectivity index (χ1v) is 9.65. The van der Waals surface area contributed by atoms with Crippen molar-refractivity contribution in [2.24, 2.45) is 0 Å². The van der Waals surface area contributed by atoms with Gasteiger partial charge in [-0.2, -0.15) is 5.10 Å². The number of hydrogen-bond donors (Lipinski definition) is 1. The normalized spacial score (nSPS) is 13.6. The lowest BCUT2D eigenvalue weighted by atomic mass is 9.90. The van der Waals surface area contributed by atoms with Gasteiger partial charge in [0, 0.05) is 17.2 Å². The fourth-order valence-electron chi connectivity index (χ4n) is 3.39. The number of methoxy groups -OCH3 is 1. The molecule has 1 N–H and O–H groups in total. The van der Waals surface area contributed by atoms with Gasteiger partial charge < -0.3 is 9.47 Å². The van der Waals surface area contributed by atoms with Crippen molar-refractivity contribution < 1.29 is 19.1 Å². The Labute approximate surface area is 174 Å². The number of nitrogens with zero attached hydrogens (tertiary/aromatic N) is 2. The number of aromatic amines is 1. The largest absolute Gasteiger partial charge is 0.497 e. The van der Waals surface area contributed by atoms with E-state index in [-0.39, 0.29) is 11.8 Å². The highest BCUT2D eigenvalue weighted by atomic mass is 16.5. The molecule has 30 heavy (non-hydrogen) atoms. The van der Waals surface area contributed by atoms with Crippen LogP contribution in [0, 0.1) is 0 Å². The van der Waals surface area contributed by atoms with Crippen LogP contribution < -0.4 is 9.64 Å². The van der Waals surface area contributed by atoms with E-state index >= 15 is 0 Å². The van der Waals surface area contributed by atoms with Crippen LogP contribution in [0.15, 0.2) is 54.6 Å². The maximum Gasteiger partial charge on any atom is 0.267 e. The fourth-order valence-corrected chi connectivity index (χ4v) is 3.39. The van der Waals surface area contributed by atoms with Crippen molar-refractivity contribution in [2.75, 3.05) is 18.6 Å². The molecule has 2 aromatic carbocycles. The zero-order chi connectivity index (χ0) is 21.3. The number of amides is 2. The van der Waals surface area contributed by atoms with Gasteiger partial charge in [-0.05, 0) is 29.8 Å². The van der Waals surface area contributed by atoms with Gasteiger partial charge in [-0.15, -0.1) is 0 Å². The molecule has 1 aliphatic rings. The number of aromatic nitrogens is 2. The molecule has 0 aliphatic carbocycles. The summed E-state index contributed by atoms with van der Waals surface area (Å²) >= 11 is 0. The Balaban J connectivity index is 1.44. The van der Waals surface area contributed by atoms with Crippen molar-refractivity contribution in [1.29, 1.82) is 0 Å². The summed E-state index contributed by atoms with van der Waals surface area (Å²) in [5.74, 6) is 0.376. The van der Waals surface area contributed by atoms with Crippen molar-refractivity contribution in [3.63, 3.8) is 0 Å². The summed E-state index contributed by atoms with van der Waals surface area (Å²) in [7, 11) is 1.63. The Morgan fingerprint density at radius 3 is 2.23 bits per heavy atom. The van der Waals surface area contributed by atoms with E-state index in [9.17, 15) is 9.59 Å². The summed E-state index contributed by atoms with van der Waals surface area (Å²) in [5.41, 5.74) is 2.23. The Bertz CT molecular complexity index is 1050. The molecule has 0 unspecified atom stereocenters. The molecule has 0 radical (unpaired) electrons. The number of fused-ring (bicyclic) bond motifs is 1. The van der Waals surface area contributed by atoms with Gasteiger partial charge in [-0.25, -0.2) is 4.90 Å². The highest BCUT2D eigenvalue weighted by molar-refractivity contribution is 6.34. The first-order valence-electron chi connectivity index (χ1n) is 9.65. The Morgan fingerprint density at radius 2 is 1.63 bits per heavy atom. The highest BCUT2D eigenvalue weighted by Gasteiger charge is 2.38. The number of hydrogen-bond acceptors (Lipinski definition) is 5. The summed E-state index contributed by atoms with van der Waals surface area (Å²) in [6.07, 6.45) is 0. The third-order valence-corrected chi connectivity index (χ3v) is 5.21. The van der Waals surface area contributed by atoms with E-state index < -0.39 is 5.41 Å². The molecule has 7 nitrogen and oxygen atoms in total. The van der Waals surface area contributed by atoms with Crippen LogP contribution in [0.3, 0.4) is 0 Å². The minimum Gasteiger partial charge on any atom is -0.497 e. The SMILES string of the molecule is COc1ccc(COCC(C)(C)c2cc(N3C(=O)c4ccccc4C3=O)n[nH]2)cc1. The quantitative estimate of drug-likeness (QED) is 0.606. The highest BCUT2D eigenvalue weighted by Crippen LogP contribution is 2.30. The van der Waals surface area contributed by atoms with Crippen molar-refractivity contribution in [1.82, 2.24) is 10.2 Å². The van der Waals surface area contributed by atoms with Gasteiger partial charge >= 0.3 is 0 Å². The fraction of sp³-hybridized carbons (Fsp3) is 0.261. The van der Waals surface area contributed by atoms with Crippen LogP contribution in [0.1, 0.15) is 45.8 Å². The number of carbonyl (C=O) groups is 2. The first kappa shape index (κ1) is 19.8. The van der Waals surface area contributed by atoms with Gasteiger partial charge in [0.25, 0.3) is 11.8 Å². The topological polar surface area (TPSA) is 84.5 Å². The van der Waals surface area contributed by atoms with Crippen LogP contribution >= 0.6 is 0 Å². The van der Waals surface area contributed by atoms with E-state index in [0.29, 0.717) is 30.2 Å². The molecule has 0 bridgehead atoms. The summed E-state index contributed by atoms with van der Waals surface area (Å²) in [5, 5.41) is 7.19. The second kappa shape index (κ2) is 7.76. The second-order valence-corrected chi connectivity index (χ2v) is 7.86. The lowest BCUT2D eigenvalue weighted by Crippen LogP contribution is -2.29. The molecule has 2 amide bonds. The summed E-state index contributed by atoms with van der Waals surface area (Å²) in [4.78, 5) is 26.4. The van der Waals surface area contributed by atoms with Crippen molar-refractivity contribution >= 4 is 17.6 Å². The van der Waals surface area contributed by atoms with E-state index in [1.165, 1.54) is 0 Å². The van der Waals surface area contributed by atoms with Crippen molar-refractivity contribution in [3.05, 3.63) is 77.0 Å². The number of imide groups is 1. The first-order chi connectivity index (χ1) is 14.4. The van der Waals surface area contributed by atoms with E-state index in [2.05, 4.69) is 10.2 Å². The molecule has 3 aromatic rings. The number of carbonyl (C=O) groups excluding carboxylic acids is 2. The van der Waals surface area contributed by atoms with Crippen molar-refractivity contribution in [2.45, 2.75) is 25.9 Å². The number of ether oxygens (including phenoxy) is 2. The zero-order valence-electron chi connectivity index (χ0n) is 17.1. The molecule has 7 heteroatoms. The second-order valence-electron chi connectivity index (χ2n) is 7.86. The maximum absolute atomic E-state index is 12.7. The third kappa shape index (κ3) is 3.59. The predicted molar refractivity (Wildman–Crippen MR) is 112 cm³/mol. The Hall–Kier alpha value is -3.45. The smallest absolute Gasteiger partial charge is 0.267 e. The third-order valence-electron chi connectivity index (χ3n) is 5.21. The monoisotopic (exact) mass is 405 g/mol. The molecule has 1 aliphatic heterocycles.